The molecule has 0 aromatic heterocycles. The Morgan fingerprint density at radius 2 is 1.95 bits per heavy atom. The van der Waals surface area contributed by atoms with E-state index in [1.54, 1.807) is 5.01 Å². The SMILES string of the molecule is CC=CC(=CC)C(C)OC(=O)C1CCCN(C(=O)C(C)C)N1. The first-order valence-corrected chi connectivity index (χ1v) is 7.97. The Morgan fingerprint density at radius 1 is 1.27 bits per heavy atom. The molecule has 5 nitrogen and oxygen atoms in total. The number of hydrogen-bond donors (Lipinski definition) is 1. The molecule has 1 rings (SSSR count). The molecule has 1 aliphatic heterocycles. The molecule has 124 valence electrons. The first kappa shape index (κ1) is 18.4. The second kappa shape index (κ2) is 8.73. The summed E-state index contributed by atoms with van der Waals surface area (Å²) in [4.78, 5) is 24.3. The molecule has 0 radical (unpaired) electrons. The summed E-state index contributed by atoms with van der Waals surface area (Å²) >= 11 is 0. The monoisotopic (exact) mass is 308 g/mol. The van der Waals surface area contributed by atoms with Gasteiger partial charge in [0.1, 0.15) is 12.1 Å². The van der Waals surface area contributed by atoms with Gasteiger partial charge in [0, 0.05) is 12.5 Å². The molecule has 22 heavy (non-hydrogen) atoms. The van der Waals surface area contributed by atoms with Crippen LogP contribution in [0.15, 0.2) is 23.8 Å². The van der Waals surface area contributed by atoms with E-state index in [1.807, 2.05) is 52.8 Å². The number of carbonyl (C=O) groups excluding carboxylic acids is 2. The van der Waals surface area contributed by atoms with Crippen molar-refractivity contribution >= 4 is 11.9 Å². The zero-order chi connectivity index (χ0) is 16.7. The Labute approximate surface area is 133 Å². The Hall–Kier alpha value is -1.62. The van der Waals surface area contributed by atoms with Crippen molar-refractivity contribution in [1.82, 2.24) is 10.4 Å². The molecule has 0 aromatic carbocycles. The van der Waals surface area contributed by atoms with E-state index in [0.717, 1.165) is 12.0 Å². The van der Waals surface area contributed by atoms with Crippen molar-refractivity contribution in [3.05, 3.63) is 23.8 Å². The number of ether oxygens (including phenoxy) is 1. The molecule has 0 saturated carbocycles. The van der Waals surface area contributed by atoms with Crippen LogP contribution in [0, 0.1) is 5.92 Å². The lowest BCUT2D eigenvalue weighted by molar-refractivity contribution is -0.155. The predicted octanol–water partition coefficient (Wildman–Crippen LogP) is 2.59. The molecule has 1 fully saturated rings. The first-order valence-electron chi connectivity index (χ1n) is 7.97. The Balaban J connectivity index is 2.63. The van der Waals surface area contributed by atoms with Crippen molar-refractivity contribution in [2.45, 2.75) is 59.6 Å². The van der Waals surface area contributed by atoms with Crippen molar-refractivity contribution in [3.8, 4) is 0 Å². The lowest BCUT2D eigenvalue weighted by Gasteiger charge is -2.34. The summed E-state index contributed by atoms with van der Waals surface area (Å²) in [6.07, 6.45) is 6.96. The summed E-state index contributed by atoms with van der Waals surface area (Å²) in [7, 11) is 0. The van der Waals surface area contributed by atoms with Gasteiger partial charge in [-0.15, -0.1) is 0 Å². The van der Waals surface area contributed by atoms with Crippen LogP contribution in [0.2, 0.25) is 0 Å². The molecule has 1 amide bonds. The minimum atomic E-state index is -0.456. The number of carbonyl (C=O) groups is 2. The van der Waals surface area contributed by atoms with Gasteiger partial charge in [-0.1, -0.05) is 32.1 Å². The van der Waals surface area contributed by atoms with Gasteiger partial charge in [-0.05, 0) is 39.2 Å². The smallest absolute Gasteiger partial charge is 0.325 e. The fraction of sp³-hybridized carbons (Fsp3) is 0.647. The molecule has 2 atom stereocenters. The average molecular weight is 308 g/mol. The predicted molar refractivity (Wildman–Crippen MR) is 86.8 cm³/mol. The van der Waals surface area contributed by atoms with Crippen LogP contribution in [0.25, 0.3) is 0 Å². The van der Waals surface area contributed by atoms with Gasteiger partial charge in [0.05, 0.1) is 0 Å². The Kier molecular flexibility index (Phi) is 7.32. The fourth-order valence-corrected chi connectivity index (χ4v) is 2.41. The summed E-state index contributed by atoms with van der Waals surface area (Å²) in [5.41, 5.74) is 3.96. The van der Waals surface area contributed by atoms with E-state index in [2.05, 4.69) is 5.43 Å². The summed E-state index contributed by atoms with van der Waals surface area (Å²) in [6.45, 7) is 10.0. The highest BCUT2D eigenvalue weighted by atomic mass is 16.5. The number of nitrogens with zero attached hydrogens (tertiary/aromatic N) is 1. The minimum absolute atomic E-state index is 0.00797. The van der Waals surface area contributed by atoms with Gasteiger partial charge in [-0.3, -0.25) is 14.6 Å². The number of allylic oxidation sites excluding steroid dienone is 2. The molecule has 0 spiro atoms. The molecule has 0 aliphatic carbocycles. The first-order chi connectivity index (χ1) is 10.4. The standard InChI is InChI=1S/C17H28N2O3/c1-6-9-14(7-2)13(5)22-17(21)15-10-8-11-19(18-15)16(20)12(3)4/h6-7,9,12-13,15,18H,8,10-11H2,1-5H3. The molecule has 1 saturated heterocycles. The molecule has 0 bridgehead atoms. The van der Waals surface area contributed by atoms with Gasteiger partial charge in [-0.25, -0.2) is 5.43 Å². The minimum Gasteiger partial charge on any atom is -0.457 e. The number of hydrazine groups is 1. The summed E-state index contributed by atoms with van der Waals surface area (Å²) < 4.78 is 5.53. The highest BCUT2D eigenvalue weighted by Crippen LogP contribution is 2.15. The lowest BCUT2D eigenvalue weighted by atomic mass is 10.1. The normalized spacial score (nSPS) is 21.3. The number of amides is 1. The molecule has 1 heterocycles. The molecule has 1 aliphatic rings. The van der Waals surface area contributed by atoms with E-state index >= 15 is 0 Å². The maximum atomic E-state index is 12.3. The highest BCUT2D eigenvalue weighted by molar-refractivity contribution is 5.80. The zero-order valence-electron chi connectivity index (χ0n) is 14.3. The van der Waals surface area contributed by atoms with Crippen LogP contribution in [0.3, 0.4) is 0 Å². The van der Waals surface area contributed by atoms with Crippen LogP contribution in [-0.2, 0) is 14.3 Å². The van der Waals surface area contributed by atoms with Gasteiger partial charge in [0.15, 0.2) is 0 Å². The molecule has 1 N–H and O–H groups in total. The number of nitrogens with one attached hydrogen (secondary N) is 1. The zero-order valence-corrected chi connectivity index (χ0v) is 14.3. The number of hydrogen-bond acceptors (Lipinski definition) is 4. The topological polar surface area (TPSA) is 58.6 Å². The third-order valence-electron chi connectivity index (χ3n) is 3.69. The van der Waals surface area contributed by atoms with Gasteiger partial charge in [0.25, 0.3) is 0 Å². The van der Waals surface area contributed by atoms with Crippen molar-refractivity contribution in [3.63, 3.8) is 0 Å². The number of rotatable bonds is 5. The maximum absolute atomic E-state index is 12.3. The molecule has 2 unspecified atom stereocenters. The van der Waals surface area contributed by atoms with Crippen LogP contribution in [0.1, 0.15) is 47.5 Å². The molecular formula is C17H28N2O3. The van der Waals surface area contributed by atoms with Gasteiger partial charge in [0.2, 0.25) is 5.91 Å². The summed E-state index contributed by atoms with van der Waals surface area (Å²) in [6, 6.07) is -0.456. The van der Waals surface area contributed by atoms with Gasteiger partial charge >= 0.3 is 5.97 Å². The second-order valence-electron chi connectivity index (χ2n) is 5.84. The lowest BCUT2D eigenvalue weighted by Crippen LogP contribution is -2.56. The molecule has 5 heteroatoms. The highest BCUT2D eigenvalue weighted by Gasteiger charge is 2.30. The third kappa shape index (κ3) is 4.98. The quantitative estimate of drug-likeness (QED) is 0.626. The van der Waals surface area contributed by atoms with Crippen LogP contribution in [0.4, 0.5) is 0 Å². The third-order valence-corrected chi connectivity index (χ3v) is 3.69. The van der Waals surface area contributed by atoms with Crippen LogP contribution in [-0.4, -0.2) is 35.6 Å². The van der Waals surface area contributed by atoms with Crippen LogP contribution < -0.4 is 5.43 Å². The Bertz CT molecular complexity index is 455. The van der Waals surface area contributed by atoms with E-state index in [1.165, 1.54) is 0 Å². The Morgan fingerprint density at radius 3 is 2.50 bits per heavy atom. The van der Waals surface area contributed by atoms with Crippen LogP contribution in [0.5, 0.6) is 0 Å². The van der Waals surface area contributed by atoms with Crippen LogP contribution >= 0.6 is 0 Å². The van der Waals surface area contributed by atoms with Crippen molar-refractivity contribution in [2.24, 2.45) is 5.92 Å². The van der Waals surface area contributed by atoms with E-state index in [0.29, 0.717) is 13.0 Å². The largest absolute Gasteiger partial charge is 0.457 e. The molecule has 0 aromatic rings. The van der Waals surface area contributed by atoms with E-state index in [-0.39, 0.29) is 23.9 Å². The average Bonchev–Trinajstić information content (AvgIpc) is 2.51. The van der Waals surface area contributed by atoms with Crippen molar-refractivity contribution in [1.29, 1.82) is 0 Å². The van der Waals surface area contributed by atoms with Gasteiger partial charge in [-0.2, -0.15) is 0 Å². The van der Waals surface area contributed by atoms with Gasteiger partial charge < -0.3 is 4.74 Å². The van der Waals surface area contributed by atoms with Crippen molar-refractivity contribution < 1.29 is 14.3 Å². The van der Waals surface area contributed by atoms with E-state index < -0.39 is 6.04 Å². The van der Waals surface area contributed by atoms with E-state index in [9.17, 15) is 9.59 Å². The van der Waals surface area contributed by atoms with E-state index in [4.69, 9.17) is 4.74 Å². The number of esters is 1. The maximum Gasteiger partial charge on any atom is 0.325 e. The summed E-state index contributed by atoms with van der Waals surface area (Å²) in [5.74, 6) is -0.392. The molecular weight excluding hydrogens is 280 g/mol. The fourth-order valence-electron chi connectivity index (χ4n) is 2.41. The van der Waals surface area contributed by atoms with Crippen molar-refractivity contribution in [2.75, 3.05) is 6.54 Å². The summed E-state index contributed by atoms with van der Waals surface area (Å²) in [5, 5.41) is 1.55. The second-order valence-corrected chi connectivity index (χ2v) is 5.84.